The normalized spacial score (nSPS) is 23.5. The minimum Gasteiger partial charge on any atom is -0.394 e. The topological polar surface area (TPSA) is 40.5 Å². The fourth-order valence-corrected chi connectivity index (χ4v) is 0.495. The lowest BCUT2D eigenvalue weighted by Crippen LogP contribution is -2.09. The van der Waals surface area contributed by atoms with Gasteiger partial charge >= 0.3 is 0 Å². The van der Waals surface area contributed by atoms with Crippen LogP contribution in [0.2, 0.25) is 0 Å². The Morgan fingerprint density at radius 3 is 2.90 bits per heavy atom. The van der Waals surface area contributed by atoms with Crippen LogP contribution in [-0.4, -0.2) is 22.9 Å². The summed E-state index contributed by atoms with van der Waals surface area (Å²) in [4.78, 5) is 0. The van der Waals surface area contributed by atoms with Gasteiger partial charge in [-0.05, 0) is 12.8 Å². The average Bonchev–Trinajstić information content (AvgIpc) is 2.05. The molecule has 2 N–H and O–H groups in total. The molecule has 0 rings (SSSR count). The molecule has 0 saturated heterocycles. The van der Waals surface area contributed by atoms with Crippen molar-refractivity contribution in [2.45, 2.75) is 32.2 Å². The van der Waals surface area contributed by atoms with Gasteiger partial charge in [-0.3, -0.25) is 0 Å². The molecule has 0 aliphatic rings. The molecule has 0 aromatic rings. The third-order valence-electron chi connectivity index (χ3n) is 1.04. The smallest absolute Gasteiger partial charge is 0.0805 e. The van der Waals surface area contributed by atoms with Crippen LogP contribution in [0.3, 0.4) is 0 Å². The van der Waals surface area contributed by atoms with E-state index in [0.29, 0.717) is 0 Å². The van der Waals surface area contributed by atoms with E-state index in [4.69, 9.17) is 13.0 Å². The second kappa shape index (κ2) is 6.78. The highest BCUT2D eigenvalue weighted by atomic mass is 16.3. The van der Waals surface area contributed by atoms with Crippen molar-refractivity contribution < 1.29 is 13.0 Å². The molecule has 0 aliphatic heterocycles. The van der Waals surface area contributed by atoms with Gasteiger partial charge in [-0.25, -0.2) is 0 Å². The number of rotatable bonds is 5. The summed E-state index contributed by atoms with van der Waals surface area (Å²) in [5, 5.41) is 17.6. The van der Waals surface area contributed by atoms with E-state index in [1.54, 1.807) is 6.08 Å². The fourth-order valence-electron chi connectivity index (χ4n) is 0.495. The van der Waals surface area contributed by atoms with Crippen molar-refractivity contribution in [3.8, 4) is 0 Å². The van der Waals surface area contributed by atoms with Crippen molar-refractivity contribution in [1.29, 1.82) is 0 Å². The van der Waals surface area contributed by atoms with E-state index in [2.05, 4.69) is 0 Å². The molecule has 0 aliphatic carbocycles. The first-order chi connectivity index (χ1) is 5.54. The van der Waals surface area contributed by atoms with Crippen LogP contribution in [0.25, 0.3) is 0 Å². The summed E-state index contributed by atoms with van der Waals surface area (Å²) < 4.78 is 14.4. The van der Waals surface area contributed by atoms with Gasteiger partial charge in [-0.15, -0.1) is 0 Å². The molecule has 2 atom stereocenters. The molecule has 60 valence electrons. The van der Waals surface area contributed by atoms with Gasteiger partial charge in [0, 0.05) is 1.37 Å². The minimum absolute atomic E-state index is 0.711. The van der Waals surface area contributed by atoms with Gasteiger partial charge in [0.1, 0.15) is 0 Å². The molecule has 0 aromatic heterocycles. The molecule has 0 aromatic carbocycles. The monoisotopic (exact) mass is 146 g/mol. The number of aliphatic hydroxyl groups excluding tert-OH is 1. The zero-order valence-corrected chi connectivity index (χ0v) is 6.25. The number of allylic oxidation sites excluding steroid dienone is 1. The van der Waals surface area contributed by atoms with Crippen LogP contribution in [0.4, 0.5) is 0 Å². The first-order valence-electron chi connectivity index (χ1n) is 4.54. The molecule has 0 bridgehead atoms. The van der Waals surface area contributed by atoms with E-state index >= 15 is 0 Å². The lowest BCUT2D eigenvalue weighted by atomic mass is 10.2. The Kier molecular flexibility index (Phi) is 4.32. The second-order valence-corrected chi connectivity index (χ2v) is 2.03. The Labute approximate surface area is 65.0 Å². The Morgan fingerprint density at radius 1 is 1.70 bits per heavy atom. The standard InChI is InChI=1S/C8H16O2/c1-2-3-4-5-6-8(10)7-9/h4-5,8-10H,2-3,6-7H2,1H3/i6D,8D. The largest absolute Gasteiger partial charge is 0.394 e. The lowest BCUT2D eigenvalue weighted by molar-refractivity contribution is 0.0975. The van der Waals surface area contributed by atoms with Crippen molar-refractivity contribution in [2.75, 3.05) is 6.61 Å². The van der Waals surface area contributed by atoms with Gasteiger partial charge < -0.3 is 10.2 Å². The van der Waals surface area contributed by atoms with Crippen molar-refractivity contribution in [1.82, 2.24) is 0 Å². The molecule has 0 radical (unpaired) electrons. The number of hydrogen-bond donors (Lipinski definition) is 2. The molecule has 0 fully saturated rings. The van der Waals surface area contributed by atoms with Crippen LogP contribution in [0.15, 0.2) is 12.2 Å². The summed E-state index contributed by atoms with van der Waals surface area (Å²) in [6.07, 6.45) is 1.84. The van der Waals surface area contributed by atoms with E-state index in [9.17, 15) is 0 Å². The van der Waals surface area contributed by atoms with Gasteiger partial charge in [-0.2, -0.15) is 0 Å². The molecular weight excluding hydrogens is 128 g/mol. The van der Waals surface area contributed by atoms with Gasteiger partial charge in [0.05, 0.1) is 14.1 Å². The molecule has 10 heavy (non-hydrogen) atoms. The zero-order valence-electron chi connectivity index (χ0n) is 8.25. The molecule has 2 heteroatoms. The van der Waals surface area contributed by atoms with Crippen LogP contribution < -0.4 is 0 Å². The molecule has 0 amide bonds. The number of aliphatic hydroxyl groups is 2. The number of unbranched alkanes of at least 4 members (excludes halogenated alkanes) is 1. The Morgan fingerprint density at radius 2 is 2.40 bits per heavy atom. The average molecular weight is 146 g/mol. The minimum atomic E-state index is -2.07. The van der Waals surface area contributed by atoms with E-state index in [-0.39, 0.29) is 0 Å². The maximum atomic E-state index is 9.07. The highest BCUT2D eigenvalue weighted by molar-refractivity contribution is 4.83. The highest BCUT2D eigenvalue weighted by Gasteiger charge is 1.95. The van der Waals surface area contributed by atoms with Crippen LogP contribution in [0, 0.1) is 0 Å². The Bertz CT molecular complexity index is 146. The van der Waals surface area contributed by atoms with Crippen molar-refractivity contribution >= 4 is 0 Å². The predicted molar refractivity (Wildman–Crippen MR) is 41.8 cm³/mol. The van der Waals surface area contributed by atoms with Gasteiger partial charge in [0.2, 0.25) is 0 Å². The van der Waals surface area contributed by atoms with Crippen LogP contribution in [-0.2, 0) is 0 Å². The number of hydrogen-bond acceptors (Lipinski definition) is 2. The van der Waals surface area contributed by atoms with E-state index in [1.165, 1.54) is 6.08 Å². The summed E-state index contributed by atoms with van der Waals surface area (Å²) in [6, 6.07) is 0. The van der Waals surface area contributed by atoms with E-state index in [1.807, 2.05) is 6.92 Å². The Hall–Kier alpha value is -0.340. The van der Waals surface area contributed by atoms with Crippen molar-refractivity contribution in [2.24, 2.45) is 0 Å². The highest BCUT2D eigenvalue weighted by Crippen LogP contribution is 1.94. The third-order valence-corrected chi connectivity index (χ3v) is 1.04. The van der Waals surface area contributed by atoms with Gasteiger partial charge in [0.25, 0.3) is 0 Å². The molecular formula is C8H16O2. The molecule has 0 heterocycles. The molecule has 2 unspecified atom stereocenters. The van der Waals surface area contributed by atoms with Crippen LogP contribution >= 0.6 is 0 Å². The van der Waals surface area contributed by atoms with Gasteiger partial charge in [-0.1, -0.05) is 25.5 Å². The fraction of sp³-hybridized carbons (Fsp3) is 0.750. The quantitative estimate of drug-likeness (QED) is 0.570. The van der Waals surface area contributed by atoms with Crippen molar-refractivity contribution in [3.05, 3.63) is 12.2 Å². The van der Waals surface area contributed by atoms with Crippen LogP contribution in [0.1, 0.15) is 28.9 Å². The maximum Gasteiger partial charge on any atom is 0.0805 e. The van der Waals surface area contributed by atoms with Crippen molar-refractivity contribution in [3.63, 3.8) is 0 Å². The van der Waals surface area contributed by atoms with E-state index < -0.39 is 19.1 Å². The van der Waals surface area contributed by atoms with Crippen LogP contribution in [0.5, 0.6) is 0 Å². The Balaban J connectivity index is 3.93. The summed E-state index contributed by atoms with van der Waals surface area (Å²) >= 11 is 0. The van der Waals surface area contributed by atoms with Gasteiger partial charge in [0.15, 0.2) is 0 Å². The first-order valence-corrected chi connectivity index (χ1v) is 3.46. The maximum absolute atomic E-state index is 9.07. The summed E-state index contributed by atoms with van der Waals surface area (Å²) in [6.45, 7) is 1.29. The molecule has 2 nitrogen and oxygen atoms in total. The summed E-state index contributed by atoms with van der Waals surface area (Å²) in [7, 11) is 0. The third kappa shape index (κ3) is 5.79. The SMILES string of the molecule is [2H]C(C=CCCC)C([2H])(O)CO. The lowest BCUT2D eigenvalue weighted by Gasteiger charge is -2.00. The summed E-state index contributed by atoms with van der Waals surface area (Å²) in [5.74, 6) is 0. The first kappa shape index (κ1) is 6.38. The zero-order chi connectivity index (χ0) is 9.61. The van der Waals surface area contributed by atoms with E-state index in [0.717, 1.165) is 12.8 Å². The second-order valence-electron chi connectivity index (χ2n) is 2.03. The summed E-state index contributed by atoms with van der Waals surface area (Å²) in [5.41, 5.74) is 0. The molecule has 0 saturated carbocycles. The molecule has 0 spiro atoms. The predicted octanol–water partition coefficient (Wildman–Crippen LogP) is 1.09.